The fraction of sp³-hybridized carbons (Fsp3) is 0.600. The lowest BCUT2D eigenvalue weighted by Gasteiger charge is -2.23. The third-order valence-electron chi connectivity index (χ3n) is 3.40. The molecule has 0 radical (unpaired) electrons. The molecule has 1 aliphatic carbocycles. The number of nitrogens with zero attached hydrogens (tertiary/aromatic N) is 2. The predicted molar refractivity (Wildman–Crippen MR) is 59.5 cm³/mol. The smallest absolute Gasteiger partial charge is 0.332 e. The van der Waals surface area contributed by atoms with E-state index in [1.165, 1.54) is 23.5 Å². The maximum atomic E-state index is 11.8. The Hall–Kier alpha value is -1.07. The van der Waals surface area contributed by atoms with Crippen LogP contribution in [0.5, 0.6) is 0 Å². The van der Waals surface area contributed by atoms with E-state index in [-0.39, 0.29) is 12.1 Å². The molecule has 2 N–H and O–H groups in total. The summed E-state index contributed by atoms with van der Waals surface area (Å²) in [6, 6.07) is 0.459. The van der Waals surface area contributed by atoms with E-state index in [4.69, 9.17) is 11.6 Å². The molecule has 6 heteroatoms. The first-order valence-corrected chi connectivity index (χ1v) is 5.84. The fourth-order valence-corrected chi connectivity index (χ4v) is 2.79. The standard InChI is InChI=1S/C10H13ClN4O/c11-7-4-13-15(5-7)10(16)14-9-2-6-1-8(9)12-3-6/h4-6,8-9,12H,1-3H2,(H,14,16). The van der Waals surface area contributed by atoms with Crippen LogP contribution in [0.15, 0.2) is 12.4 Å². The van der Waals surface area contributed by atoms with Crippen molar-refractivity contribution in [2.24, 2.45) is 5.92 Å². The lowest BCUT2D eigenvalue weighted by atomic mass is 10.1. The van der Waals surface area contributed by atoms with E-state index in [0.29, 0.717) is 11.1 Å². The van der Waals surface area contributed by atoms with Crippen LogP contribution < -0.4 is 10.6 Å². The Balaban J connectivity index is 1.65. The second-order valence-corrected chi connectivity index (χ2v) is 4.95. The zero-order valence-electron chi connectivity index (χ0n) is 8.69. The number of aromatic nitrogens is 2. The summed E-state index contributed by atoms with van der Waals surface area (Å²) in [5, 5.41) is 10.7. The van der Waals surface area contributed by atoms with Crippen LogP contribution in [-0.2, 0) is 0 Å². The van der Waals surface area contributed by atoms with Gasteiger partial charge in [0, 0.05) is 12.1 Å². The average Bonchev–Trinajstić information content (AvgIpc) is 2.92. The first-order valence-electron chi connectivity index (χ1n) is 5.47. The highest BCUT2D eigenvalue weighted by atomic mass is 35.5. The summed E-state index contributed by atoms with van der Waals surface area (Å²) in [6.45, 7) is 1.09. The molecule has 1 aliphatic heterocycles. The first kappa shape index (κ1) is 10.1. The molecule has 3 atom stereocenters. The molecule has 1 amide bonds. The van der Waals surface area contributed by atoms with Crippen LogP contribution in [0.2, 0.25) is 5.02 Å². The number of carbonyl (C=O) groups excluding carboxylic acids is 1. The van der Waals surface area contributed by atoms with E-state index in [2.05, 4.69) is 15.7 Å². The van der Waals surface area contributed by atoms with Gasteiger partial charge >= 0.3 is 6.03 Å². The molecule has 0 aromatic carbocycles. The molecule has 1 aromatic heterocycles. The van der Waals surface area contributed by atoms with Crippen LogP contribution in [0.4, 0.5) is 4.79 Å². The highest BCUT2D eigenvalue weighted by molar-refractivity contribution is 6.30. The fourth-order valence-electron chi connectivity index (χ4n) is 2.65. The largest absolute Gasteiger partial charge is 0.342 e. The van der Waals surface area contributed by atoms with Crippen molar-refractivity contribution in [3.05, 3.63) is 17.4 Å². The van der Waals surface area contributed by atoms with Gasteiger partial charge in [-0.1, -0.05) is 11.6 Å². The van der Waals surface area contributed by atoms with Gasteiger partial charge in [0.25, 0.3) is 0 Å². The maximum absolute atomic E-state index is 11.8. The Labute approximate surface area is 98.1 Å². The molecule has 0 spiro atoms. The minimum Gasteiger partial charge on any atom is -0.332 e. The second-order valence-electron chi connectivity index (χ2n) is 4.51. The van der Waals surface area contributed by atoms with Gasteiger partial charge in [0.1, 0.15) is 0 Å². The van der Waals surface area contributed by atoms with Crippen LogP contribution in [0.25, 0.3) is 0 Å². The summed E-state index contributed by atoms with van der Waals surface area (Å²) in [5.74, 6) is 0.719. The van der Waals surface area contributed by atoms with Gasteiger partial charge in [-0.2, -0.15) is 9.78 Å². The van der Waals surface area contributed by atoms with Crippen LogP contribution in [0, 0.1) is 5.92 Å². The molecule has 1 saturated heterocycles. The number of piperidine rings is 1. The molecule has 3 unspecified atom stereocenters. The summed E-state index contributed by atoms with van der Waals surface area (Å²) in [4.78, 5) is 11.8. The molecule has 2 bridgehead atoms. The number of amides is 1. The quantitative estimate of drug-likeness (QED) is 0.765. The zero-order valence-corrected chi connectivity index (χ0v) is 9.44. The van der Waals surface area contributed by atoms with Crippen molar-refractivity contribution in [1.29, 1.82) is 0 Å². The number of carbonyl (C=O) groups is 1. The van der Waals surface area contributed by atoms with Gasteiger partial charge in [-0.05, 0) is 25.3 Å². The molecule has 5 nitrogen and oxygen atoms in total. The molecule has 2 fully saturated rings. The van der Waals surface area contributed by atoms with Gasteiger partial charge in [0.15, 0.2) is 0 Å². The SMILES string of the molecule is O=C(NC1CC2CNC1C2)n1cc(Cl)cn1. The minimum absolute atomic E-state index is 0.203. The average molecular weight is 241 g/mol. The van der Waals surface area contributed by atoms with Crippen molar-refractivity contribution in [1.82, 2.24) is 20.4 Å². The van der Waals surface area contributed by atoms with Crippen molar-refractivity contribution in [3.63, 3.8) is 0 Å². The molecule has 1 aromatic rings. The Bertz CT molecular complexity index is 419. The summed E-state index contributed by atoms with van der Waals surface area (Å²) in [5.41, 5.74) is 0. The topological polar surface area (TPSA) is 59.0 Å². The number of rotatable bonds is 1. The van der Waals surface area contributed by atoms with Gasteiger partial charge in [-0.3, -0.25) is 0 Å². The van der Waals surface area contributed by atoms with E-state index in [1.54, 1.807) is 0 Å². The van der Waals surface area contributed by atoms with Crippen LogP contribution in [-0.4, -0.2) is 34.4 Å². The van der Waals surface area contributed by atoms with Gasteiger partial charge in [0.2, 0.25) is 0 Å². The summed E-state index contributed by atoms with van der Waals surface area (Å²) in [6.07, 6.45) is 5.21. The van der Waals surface area contributed by atoms with E-state index >= 15 is 0 Å². The van der Waals surface area contributed by atoms with Crippen molar-refractivity contribution in [3.8, 4) is 0 Å². The van der Waals surface area contributed by atoms with E-state index in [9.17, 15) is 4.79 Å². The molecule has 16 heavy (non-hydrogen) atoms. The molecule has 2 heterocycles. The van der Waals surface area contributed by atoms with Gasteiger partial charge in [-0.25, -0.2) is 4.79 Å². The number of hydrogen-bond acceptors (Lipinski definition) is 3. The van der Waals surface area contributed by atoms with Gasteiger partial charge < -0.3 is 10.6 Å². The van der Waals surface area contributed by atoms with Gasteiger partial charge in [0.05, 0.1) is 17.4 Å². The third kappa shape index (κ3) is 1.70. The highest BCUT2D eigenvalue weighted by Gasteiger charge is 2.40. The first-order chi connectivity index (χ1) is 7.72. The van der Waals surface area contributed by atoms with Crippen molar-refractivity contribution in [2.45, 2.75) is 24.9 Å². The number of fused-ring (bicyclic) bond motifs is 2. The van der Waals surface area contributed by atoms with Crippen molar-refractivity contribution in [2.75, 3.05) is 6.54 Å². The number of nitrogens with one attached hydrogen (secondary N) is 2. The van der Waals surface area contributed by atoms with Crippen LogP contribution in [0.1, 0.15) is 12.8 Å². The monoisotopic (exact) mass is 240 g/mol. The summed E-state index contributed by atoms with van der Waals surface area (Å²) in [7, 11) is 0. The Morgan fingerprint density at radius 1 is 1.62 bits per heavy atom. The van der Waals surface area contributed by atoms with Crippen molar-refractivity contribution >= 4 is 17.6 Å². The van der Waals surface area contributed by atoms with Gasteiger partial charge in [-0.15, -0.1) is 0 Å². The Morgan fingerprint density at radius 2 is 2.50 bits per heavy atom. The lowest BCUT2D eigenvalue weighted by molar-refractivity contribution is 0.231. The minimum atomic E-state index is -0.203. The Morgan fingerprint density at radius 3 is 3.06 bits per heavy atom. The zero-order chi connectivity index (χ0) is 11.1. The number of halogens is 1. The Kier molecular flexibility index (Phi) is 2.37. The van der Waals surface area contributed by atoms with Crippen molar-refractivity contribution < 1.29 is 4.79 Å². The summed E-state index contributed by atoms with van der Waals surface area (Å²) >= 11 is 5.71. The molecule has 1 saturated carbocycles. The second kappa shape index (κ2) is 3.75. The molecule has 86 valence electrons. The van der Waals surface area contributed by atoms with E-state index in [1.807, 2.05) is 0 Å². The van der Waals surface area contributed by atoms with E-state index < -0.39 is 0 Å². The maximum Gasteiger partial charge on any atom is 0.342 e. The molecular formula is C10H13ClN4O. The van der Waals surface area contributed by atoms with E-state index in [0.717, 1.165) is 18.9 Å². The van der Waals surface area contributed by atoms with Crippen LogP contribution in [0.3, 0.4) is 0 Å². The highest BCUT2D eigenvalue weighted by Crippen LogP contribution is 2.31. The normalized spacial score (nSPS) is 31.9. The molecule has 2 aliphatic rings. The molecule has 3 rings (SSSR count). The molecular weight excluding hydrogens is 228 g/mol. The predicted octanol–water partition coefficient (Wildman–Crippen LogP) is 0.845. The lowest BCUT2D eigenvalue weighted by Crippen LogP contribution is -2.49. The summed E-state index contributed by atoms with van der Waals surface area (Å²) < 4.78 is 1.24. The number of hydrogen-bond donors (Lipinski definition) is 2. The third-order valence-corrected chi connectivity index (χ3v) is 3.59. The van der Waals surface area contributed by atoms with Crippen LogP contribution >= 0.6 is 11.6 Å².